The van der Waals surface area contributed by atoms with Crippen molar-refractivity contribution in [2.24, 2.45) is 0 Å². The smallest absolute Gasteiger partial charge is 0.124 e. The van der Waals surface area contributed by atoms with Crippen molar-refractivity contribution < 1.29 is 0 Å². The molecular weight excluding hydrogens is 729 g/mol. The third-order valence-electron chi connectivity index (χ3n) is 10.9. The highest BCUT2D eigenvalue weighted by Crippen LogP contribution is 2.45. The maximum absolute atomic E-state index is 5.05. The molecule has 0 fully saturated rings. The molecule has 268 valence electrons. The van der Waals surface area contributed by atoms with Gasteiger partial charge in [-0.05, 0) is 99.3 Å². The predicted octanol–water partition coefficient (Wildman–Crippen LogP) is 16.0. The number of anilines is 3. The van der Waals surface area contributed by atoms with E-state index in [4.69, 9.17) is 4.98 Å². The monoisotopic (exact) mass is 762 g/mol. The van der Waals surface area contributed by atoms with Crippen LogP contribution in [-0.2, 0) is 0 Å². The lowest BCUT2D eigenvalue weighted by atomic mass is 9.98. The van der Waals surface area contributed by atoms with Crippen LogP contribution in [0.4, 0.5) is 17.1 Å². The molecule has 0 saturated heterocycles. The van der Waals surface area contributed by atoms with Gasteiger partial charge >= 0.3 is 0 Å². The summed E-state index contributed by atoms with van der Waals surface area (Å²) >= 11 is 3.65. The first-order valence-electron chi connectivity index (χ1n) is 19.2. The molecular formula is C53H34N2S2. The summed E-state index contributed by atoms with van der Waals surface area (Å²) in [6.45, 7) is 0. The van der Waals surface area contributed by atoms with Crippen LogP contribution in [0.2, 0.25) is 0 Å². The number of para-hydroxylation sites is 1. The molecule has 0 aliphatic heterocycles. The second-order valence-corrected chi connectivity index (χ2v) is 16.4. The SMILES string of the molecule is c1ccc(-c2ccc(N(c3ccc(-c4ccc5sc6ccc7nc(-c8ccccc8)sc7c6c5c4)cc3)c3ccccc3-c3ccc4ccccc4c3)cc2)cc1. The molecule has 2 heterocycles. The molecule has 9 aromatic carbocycles. The van der Waals surface area contributed by atoms with Gasteiger partial charge in [0, 0.05) is 42.7 Å². The first-order valence-corrected chi connectivity index (χ1v) is 20.8. The van der Waals surface area contributed by atoms with Crippen LogP contribution < -0.4 is 4.90 Å². The van der Waals surface area contributed by atoms with Crippen molar-refractivity contribution in [3.8, 4) is 44.0 Å². The summed E-state index contributed by atoms with van der Waals surface area (Å²) in [4.78, 5) is 7.45. The zero-order valence-electron chi connectivity index (χ0n) is 30.8. The van der Waals surface area contributed by atoms with Crippen LogP contribution >= 0.6 is 22.7 Å². The third-order valence-corrected chi connectivity index (χ3v) is 13.2. The molecule has 2 nitrogen and oxygen atoms in total. The van der Waals surface area contributed by atoms with E-state index in [0.717, 1.165) is 33.1 Å². The number of rotatable bonds is 7. The van der Waals surface area contributed by atoms with E-state index in [1.807, 2.05) is 11.3 Å². The van der Waals surface area contributed by atoms with E-state index >= 15 is 0 Å². The number of hydrogen-bond acceptors (Lipinski definition) is 4. The Kier molecular flexibility index (Phi) is 8.24. The molecule has 0 radical (unpaired) electrons. The summed E-state index contributed by atoms with van der Waals surface area (Å²) in [5, 5.41) is 6.13. The quantitative estimate of drug-likeness (QED) is 0.161. The Labute approximate surface area is 339 Å². The van der Waals surface area contributed by atoms with Crippen molar-refractivity contribution >= 4 is 80.9 Å². The lowest BCUT2D eigenvalue weighted by Crippen LogP contribution is -2.11. The summed E-state index contributed by atoms with van der Waals surface area (Å²) in [6.07, 6.45) is 0. The van der Waals surface area contributed by atoms with E-state index in [0.29, 0.717) is 0 Å². The minimum absolute atomic E-state index is 1.06. The van der Waals surface area contributed by atoms with Gasteiger partial charge in [-0.1, -0.05) is 146 Å². The first-order chi connectivity index (χ1) is 28.2. The summed E-state index contributed by atoms with van der Waals surface area (Å²) in [5.41, 5.74) is 12.7. The number of aromatic nitrogens is 1. The van der Waals surface area contributed by atoms with Crippen LogP contribution in [0.25, 0.3) is 85.1 Å². The van der Waals surface area contributed by atoms with Crippen molar-refractivity contribution in [2.45, 2.75) is 0 Å². The Morgan fingerprint density at radius 3 is 1.72 bits per heavy atom. The lowest BCUT2D eigenvalue weighted by Gasteiger charge is -2.28. The maximum atomic E-state index is 5.05. The minimum atomic E-state index is 1.06. The molecule has 0 spiro atoms. The number of benzene rings is 9. The van der Waals surface area contributed by atoms with E-state index in [-0.39, 0.29) is 0 Å². The number of fused-ring (bicyclic) bond motifs is 6. The van der Waals surface area contributed by atoms with Crippen molar-refractivity contribution in [1.29, 1.82) is 0 Å². The van der Waals surface area contributed by atoms with Crippen molar-refractivity contribution in [3.05, 3.63) is 206 Å². The van der Waals surface area contributed by atoms with Gasteiger partial charge in [0.1, 0.15) is 5.01 Å². The summed E-state index contributed by atoms with van der Waals surface area (Å²) in [7, 11) is 0. The summed E-state index contributed by atoms with van der Waals surface area (Å²) < 4.78 is 3.85. The summed E-state index contributed by atoms with van der Waals surface area (Å²) in [6, 6.07) is 74.6. The van der Waals surface area contributed by atoms with Crippen molar-refractivity contribution in [2.75, 3.05) is 4.90 Å². The van der Waals surface area contributed by atoms with Crippen LogP contribution in [0, 0.1) is 0 Å². The number of nitrogens with zero attached hydrogens (tertiary/aromatic N) is 2. The average molecular weight is 763 g/mol. The van der Waals surface area contributed by atoms with Crippen LogP contribution in [0.15, 0.2) is 206 Å². The molecule has 0 amide bonds. The Hall–Kier alpha value is -6.85. The second-order valence-electron chi connectivity index (χ2n) is 14.4. The van der Waals surface area contributed by atoms with Crippen LogP contribution in [-0.4, -0.2) is 4.98 Å². The van der Waals surface area contributed by atoms with Gasteiger partial charge < -0.3 is 4.90 Å². The normalized spacial score (nSPS) is 11.5. The fourth-order valence-electron chi connectivity index (χ4n) is 8.06. The maximum Gasteiger partial charge on any atom is 0.124 e. The molecule has 57 heavy (non-hydrogen) atoms. The van der Waals surface area contributed by atoms with Gasteiger partial charge in [-0.25, -0.2) is 4.98 Å². The van der Waals surface area contributed by atoms with E-state index in [1.54, 1.807) is 11.3 Å². The number of thiophene rings is 1. The van der Waals surface area contributed by atoms with E-state index < -0.39 is 0 Å². The molecule has 0 aliphatic carbocycles. The van der Waals surface area contributed by atoms with Crippen LogP contribution in [0.5, 0.6) is 0 Å². The number of thiazole rings is 1. The van der Waals surface area contributed by atoms with Gasteiger partial charge in [0.25, 0.3) is 0 Å². The predicted molar refractivity (Wildman–Crippen MR) is 246 cm³/mol. The second kappa shape index (κ2) is 14.0. The standard InChI is InChI=1S/C53H34N2S2/c1-3-11-35(12-4-1)37-21-26-43(27-22-37)55(48-18-10-9-17-45(48)42-20-19-36-13-7-8-16-40(36)33-42)44-28-23-38(24-29-44)41-25-31-49-46(34-41)51-50(56-49)32-30-47-52(51)57-53(54-47)39-14-5-2-6-15-39/h1-34H. The highest BCUT2D eigenvalue weighted by atomic mass is 32.1. The molecule has 0 N–H and O–H groups in total. The highest BCUT2D eigenvalue weighted by Gasteiger charge is 2.19. The Balaban J connectivity index is 1.01. The average Bonchev–Trinajstić information content (AvgIpc) is 3.89. The number of hydrogen-bond donors (Lipinski definition) is 0. The lowest BCUT2D eigenvalue weighted by molar-refractivity contribution is 1.28. The van der Waals surface area contributed by atoms with Crippen LogP contribution in [0.1, 0.15) is 0 Å². The molecule has 4 heteroatoms. The summed E-state index contributed by atoms with van der Waals surface area (Å²) in [5.74, 6) is 0. The Morgan fingerprint density at radius 2 is 0.965 bits per heavy atom. The van der Waals surface area contributed by atoms with Gasteiger partial charge in [-0.3, -0.25) is 0 Å². The largest absolute Gasteiger partial charge is 0.310 e. The van der Waals surface area contributed by atoms with E-state index in [1.165, 1.54) is 69.0 Å². The zero-order valence-corrected chi connectivity index (χ0v) is 32.5. The van der Waals surface area contributed by atoms with Gasteiger partial charge in [-0.2, -0.15) is 0 Å². The first kappa shape index (κ1) is 33.5. The molecule has 0 unspecified atom stereocenters. The highest BCUT2D eigenvalue weighted by molar-refractivity contribution is 7.28. The molecule has 11 aromatic rings. The van der Waals surface area contributed by atoms with Gasteiger partial charge in [0.2, 0.25) is 0 Å². The topological polar surface area (TPSA) is 16.1 Å². The van der Waals surface area contributed by atoms with Gasteiger partial charge in [-0.15, -0.1) is 22.7 Å². The van der Waals surface area contributed by atoms with Gasteiger partial charge in [0.05, 0.1) is 15.9 Å². The molecule has 11 rings (SSSR count). The molecule has 2 aromatic heterocycles. The van der Waals surface area contributed by atoms with E-state index in [2.05, 4.69) is 211 Å². The van der Waals surface area contributed by atoms with Crippen molar-refractivity contribution in [3.63, 3.8) is 0 Å². The zero-order chi connectivity index (χ0) is 37.7. The van der Waals surface area contributed by atoms with Crippen LogP contribution in [0.3, 0.4) is 0 Å². The van der Waals surface area contributed by atoms with E-state index in [9.17, 15) is 0 Å². The minimum Gasteiger partial charge on any atom is -0.310 e. The molecule has 0 atom stereocenters. The molecule has 0 saturated carbocycles. The van der Waals surface area contributed by atoms with Gasteiger partial charge in [0.15, 0.2) is 0 Å². The van der Waals surface area contributed by atoms with Crippen molar-refractivity contribution in [1.82, 2.24) is 4.98 Å². The molecule has 0 bridgehead atoms. The third kappa shape index (κ3) is 6.07. The molecule has 0 aliphatic rings. The Morgan fingerprint density at radius 1 is 0.386 bits per heavy atom. The fourth-order valence-corrected chi connectivity index (χ4v) is 10.4. The Bertz CT molecular complexity index is 3220. The fraction of sp³-hybridized carbons (Fsp3) is 0.